The molecule has 2 atom stereocenters. The molecule has 1 heterocycles. The lowest BCUT2D eigenvalue weighted by atomic mass is 9.93. The number of carbonyl (C=O) groups is 1. The Morgan fingerprint density at radius 3 is 2.29 bits per heavy atom. The molecule has 0 saturated heterocycles. The van der Waals surface area contributed by atoms with Crippen LogP contribution in [0.1, 0.15) is 24.2 Å². The van der Waals surface area contributed by atoms with Gasteiger partial charge in [0.25, 0.3) is 5.91 Å². The van der Waals surface area contributed by atoms with E-state index in [1.165, 1.54) is 25.6 Å². The van der Waals surface area contributed by atoms with E-state index in [0.29, 0.717) is 5.56 Å². The number of rotatable bonds is 7. The molecule has 7 heteroatoms. The van der Waals surface area contributed by atoms with Gasteiger partial charge >= 0.3 is 0 Å². The Kier molecular flexibility index (Phi) is 6.10. The Hall–Kier alpha value is -3.13. The van der Waals surface area contributed by atoms with E-state index in [-0.39, 0.29) is 6.61 Å². The fourth-order valence-electron chi connectivity index (χ4n) is 2.81. The van der Waals surface area contributed by atoms with Crippen LogP contribution in [0.15, 0.2) is 73.3 Å². The van der Waals surface area contributed by atoms with Gasteiger partial charge in [-0.1, -0.05) is 54.6 Å². The number of hydrogen-bond acceptors (Lipinski definition) is 6. The van der Waals surface area contributed by atoms with Gasteiger partial charge in [-0.3, -0.25) is 10.0 Å². The molecule has 7 nitrogen and oxygen atoms in total. The molecule has 3 N–H and O–H groups in total. The second-order valence-corrected chi connectivity index (χ2v) is 6.47. The summed E-state index contributed by atoms with van der Waals surface area (Å²) in [6.07, 6.45) is 2.72. The molecule has 28 heavy (non-hydrogen) atoms. The summed E-state index contributed by atoms with van der Waals surface area (Å²) in [6, 6.07) is 17.6. The van der Waals surface area contributed by atoms with Crippen molar-refractivity contribution in [3.8, 4) is 11.1 Å². The van der Waals surface area contributed by atoms with Crippen LogP contribution in [0.4, 0.5) is 0 Å². The Morgan fingerprint density at radius 2 is 1.68 bits per heavy atom. The van der Waals surface area contributed by atoms with Gasteiger partial charge in [-0.2, -0.15) is 0 Å². The third-order valence-corrected chi connectivity index (χ3v) is 4.57. The number of aliphatic hydroxyl groups is 1. The molecule has 3 aromatic rings. The Bertz CT molecular complexity index is 904. The molecule has 1 amide bonds. The summed E-state index contributed by atoms with van der Waals surface area (Å²) in [5, 5.41) is 19.7. The van der Waals surface area contributed by atoms with Gasteiger partial charge in [-0.25, -0.2) is 15.4 Å². The van der Waals surface area contributed by atoms with E-state index in [2.05, 4.69) is 9.97 Å². The van der Waals surface area contributed by atoms with E-state index in [4.69, 9.17) is 9.94 Å². The number of hydroxylamine groups is 1. The molecule has 0 aliphatic heterocycles. The van der Waals surface area contributed by atoms with Crippen LogP contribution in [-0.4, -0.2) is 31.8 Å². The zero-order valence-electron chi connectivity index (χ0n) is 15.3. The van der Waals surface area contributed by atoms with Gasteiger partial charge in [0.15, 0.2) is 5.60 Å². The number of aromatic nitrogens is 2. The van der Waals surface area contributed by atoms with E-state index >= 15 is 0 Å². The molecular formula is C21H21N3O4. The largest absolute Gasteiger partial charge is 0.385 e. The number of nitrogens with zero attached hydrogens (tertiary/aromatic N) is 2. The van der Waals surface area contributed by atoms with Crippen molar-refractivity contribution in [3.05, 3.63) is 84.4 Å². The van der Waals surface area contributed by atoms with Crippen molar-refractivity contribution < 1.29 is 19.8 Å². The summed E-state index contributed by atoms with van der Waals surface area (Å²) < 4.78 is 5.75. The Labute approximate surface area is 162 Å². The number of amides is 1. The molecule has 0 unspecified atom stereocenters. The number of benzene rings is 2. The summed E-state index contributed by atoms with van der Waals surface area (Å²) in [6.45, 7) is 1.46. The van der Waals surface area contributed by atoms with Crippen molar-refractivity contribution in [2.75, 3.05) is 0 Å². The van der Waals surface area contributed by atoms with Crippen molar-refractivity contribution in [1.29, 1.82) is 0 Å². The van der Waals surface area contributed by atoms with Gasteiger partial charge in [0.2, 0.25) is 0 Å². The summed E-state index contributed by atoms with van der Waals surface area (Å²) in [7, 11) is 0. The zero-order valence-corrected chi connectivity index (χ0v) is 15.3. The Balaban J connectivity index is 1.76. The standard InChI is InChI=1S/C21H21N3O4/c1-21(20(26)24-27,19(25)18-11-22-14-23-12-18)28-13-15-7-9-17(10-8-15)16-5-3-2-4-6-16/h2-12,14,19,25,27H,13H2,1H3,(H,24,26)/t19-,21+/m1/s1. The maximum absolute atomic E-state index is 12.2. The first-order valence-electron chi connectivity index (χ1n) is 8.70. The van der Waals surface area contributed by atoms with E-state index < -0.39 is 17.6 Å². The average molecular weight is 379 g/mol. The van der Waals surface area contributed by atoms with Gasteiger partial charge < -0.3 is 9.84 Å². The molecule has 2 aromatic carbocycles. The average Bonchev–Trinajstić information content (AvgIpc) is 2.78. The minimum absolute atomic E-state index is 0.0593. The molecule has 144 valence electrons. The third kappa shape index (κ3) is 4.23. The number of ether oxygens (including phenoxy) is 1. The molecule has 0 saturated carbocycles. The van der Waals surface area contributed by atoms with Crippen LogP contribution < -0.4 is 5.48 Å². The lowest BCUT2D eigenvalue weighted by molar-refractivity contribution is -0.173. The van der Waals surface area contributed by atoms with E-state index in [1.54, 1.807) is 5.48 Å². The minimum Gasteiger partial charge on any atom is -0.385 e. The molecule has 0 aliphatic carbocycles. The van der Waals surface area contributed by atoms with E-state index in [1.807, 2.05) is 54.6 Å². The maximum atomic E-state index is 12.2. The van der Waals surface area contributed by atoms with E-state index in [9.17, 15) is 9.90 Å². The van der Waals surface area contributed by atoms with Gasteiger partial charge in [-0.15, -0.1) is 0 Å². The summed E-state index contributed by atoms with van der Waals surface area (Å²) in [4.78, 5) is 19.9. The second kappa shape index (κ2) is 8.71. The van der Waals surface area contributed by atoms with Crippen molar-refractivity contribution >= 4 is 5.91 Å². The maximum Gasteiger partial charge on any atom is 0.278 e. The highest BCUT2D eigenvalue weighted by Crippen LogP contribution is 2.30. The predicted octanol–water partition coefficient (Wildman–Crippen LogP) is 2.66. The van der Waals surface area contributed by atoms with Crippen LogP contribution in [0.2, 0.25) is 0 Å². The lowest BCUT2D eigenvalue weighted by Gasteiger charge is -2.32. The predicted molar refractivity (Wildman–Crippen MR) is 102 cm³/mol. The molecule has 0 spiro atoms. The zero-order chi connectivity index (χ0) is 20.0. The highest BCUT2D eigenvalue weighted by Gasteiger charge is 2.43. The van der Waals surface area contributed by atoms with Crippen molar-refractivity contribution in [2.24, 2.45) is 0 Å². The first-order chi connectivity index (χ1) is 13.5. The molecular weight excluding hydrogens is 358 g/mol. The minimum atomic E-state index is -1.74. The molecule has 0 bridgehead atoms. The number of carbonyl (C=O) groups excluding carboxylic acids is 1. The van der Waals surface area contributed by atoms with Crippen molar-refractivity contribution in [1.82, 2.24) is 15.4 Å². The summed E-state index contributed by atoms with van der Waals surface area (Å²) in [5.41, 5.74) is 3.09. The van der Waals surface area contributed by atoms with Crippen LogP contribution in [0.3, 0.4) is 0 Å². The van der Waals surface area contributed by atoms with Gasteiger partial charge in [0.05, 0.1) is 6.61 Å². The van der Waals surface area contributed by atoms with E-state index in [0.717, 1.165) is 16.7 Å². The SMILES string of the molecule is C[C@@](OCc1ccc(-c2ccccc2)cc1)(C(=O)NO)[C@H](O)c1cncnc1. The number of aliphatic hydroxyl groups excluding tert-OH is 1. The van der Waals surface area contributed by atoms with Crippen molar-refractivity contribution in [2.45, 2.75) is 25.2 Å². The van der Waals surface area contributed by atoms with Crippen molar-refractivity contribution in [3.63, 3.8) is 0 Å². The number of nitrogens with one attached hydrogen (secondary N) is 1. The van der Waals surface area contributed by atoms with Crippen LogP contribution >= 0.6 is 0 Å². The molecule has 0 fully saturated rings. The van der Waals surface area contributed by atoms with Gasteiger partial charge in [0, 0.05) is 18.0 Å². The summed E-state index contributed by atoms with van der Waals surface area (Å²) in [5.74, 6) is -0.871. The first kappa shape index (κ1) is 19.6. The fraction of sp³-hybridized carbons (Fsp3) is 0.190. The first-order valence-corrected chi connectivity index (χ1v) is 8.70. The topological polar surface area (TPSA) is 105 Å². The summed E-state index contributed by atoms with van der Waals surface area (Å²) >= 11 is 0. The lowest BCUT2D eigenvalue weighted by Crippen LogP contribution is -2.50. The fourth-order valence-corrected chi connectivity index (χ4v) is 2.81. The normalized spacial score (nSPS) is 14.1. The highest BCUT2D eigenvalue weighted by molar-refractivity contribution is 5.84. The molecule has 1 aromatic heterocycles. The van der Waals surface area contributed by atoms with Crippen LogP contribution in [0.5, 0.6) is 0 Å². The smallest absolute Gasteiger partial charge is 0.278 e. The van der Waals surface area contributed by atoms with Gasteiger partial charge in [0.1, 0.15) is 12.4 Å². The molecule has 0 radical (unpaired) electrons. The highest BCUT2D eigenvalue weighted by atomic mass is 16.5. The van der Waals surface area contributed by atoms with Crippen LogP contribution in [0.25, 0.3) is 11.1 Å². The van der Waals surface area contributed by atoms with Crippen LogP contribution in [0, 0.1) is 0 Å². The monoisotopic (exact) mass is 379 g/mol. The number of hydrogen-bond donors (Lipinski definition) is 3. The van der Waals surface area contributed by atoms with Crippen LogP contribution in [-0.2, 0) is 16.1 Å². The molecule has 3 rings (SSSR count). The third-order valence-electron chi connectivity index (χ3n) is 4.57. The molecule has 0 aliphatic rings. The quantitative estimate of drug-likeness (QED) is 0.431. The van der Waals surface area contributed by atoms with Gasteiger partial charge in [-0.05, 0) is 23.6 Å². The second-order valence-electron chi connectivity index (χ2n) is 6.47. The Morgan fingerprint density at radius 1 is 1.07 bits per heavy atom.